The first-order valence-electron chi connectivity index (χ1n) is 4.51. The molecule has 1 N–H and O–H groups in total. The number of aliphatic hydroxyl groups is 1. The van der Waals surface area contributed by atoms with Crippen LogP contribution in [-0.4, -0.2) is 10.1 Å². The number of pyridine rings is 1. The molecule has 2 rings (SSSR count). The first-order chi connectivity index (χ1) is 7.18. The van der Waals surface area contributed by atoms with Crippen molar-refractivity contribution in [2.45, 2.75) is 13.0 Å². The van der Waals surface area contributed by atoms with E-state index < -0.39 is 11.9 Å². The average molecular weight is 223 g/mol. The second-order valence-corrected chi connectivity index (χ2v) is 4.41. The Labute approximate surface area is 91.0 Å². The molecule has 0 aliphatic rings. The Kier molecular flexibility index (Phi) is 2.79. The average Bonchev–Trinajstić information content (AvgIpc) is 2.65. The number of aromatic nitrogens is 1. The summed E-state index contributed by atoms with van der Waals surface area (Å²) in [5.74, 6) is -0.478. The molecule has 2 nitrogen and oxygen atoms in total. The monoisotopic (exact) mass is 223 g/mol. The molecule has 4 heteroatoms. The van der Waals surface area contributed by atoms with Gasteiger partial charge in [0, 0.05) is 16.6 Å². The number of hydrogen-bond acceptors (Lipinski definition) is 3. The van der Waals surface area contributed by atoms with E-state index in [1.54, 1.807) is 0 Å². The third-order valence-corrected chi connectivity index (χ3v) is 3.04. The SMILES string of the molecule is Cc1cc(C(O)c2ccncc2F)cs1. The summed E-state index contributed by atoms with van der Waals surface area (Å²) in [6, 6.07) is 3.35. The Hall–Kier alpha value is -1.26. The maximum absolute atomic E-state index is 13.3. The Morgan fingerprint density at radius 2 is 2.33 bits per heavy atom. The van der Waals surface area contributed by atoms with Gasteiger partial charge >= 0.3 is 0 Å². The zero-order valence-corrected chi connectivity index (χ0v) is 8.96. The van der Waals surface area contributed by atoms with Gasteiger partial charge in [-0.05, 0) is 30.0 Å². The van der Waals surface area contributed by atoms with Crippen molar-refractivity contribution in [3.8, 4) is 0 Å². The maximum atomic E-state index is 13.3. The van der Waals surface area contributed by atoms with E-state index in [0.29, 0.717) is 0 Å². The van der Waals surface area contributed by atoms with Crippen LogP contribution in [0.4, 0.5) is 4.39 Å². The molecule has 0 bridgehead atoms. The van der Waals surface area contributed by atoms with Crippen molar-refractivity contribution in [1.82, 2.24) is 4.98 Å². The molecule has 1 atom stereocenters. The van der Waals surface area contributed by atoms with Crippen LogP contribution in [0.5, 0.6) is 0 Å². The zero-order valence-electron chi connectivity index (χ0n) is 8.14. The van der Waals surface area contributed by atoms with Crippen LogP contribution in [0.3, 0.4) is 0 Å². The molecule has 0 aliphatic heterocycles. The lowest BCUT2D eigenvalue weighted by molar-refractivity contribution is 0.215. The summed E-state index contributed by atoms with van der Waals surface area (Å²) in [4.78, 5) is 4.74. The molecular formula is C11H10FNOS. The fourth-order valence-electron chi connectivity index (χ4n) is 1.39. The number of halogens is 1. The molecule has 0 amide bonds. The lowest BCUT2D eigenvalue weighted by atomic mass is 10.1. The van der Waals surface area contributed by atoms with Crippen LogP contribution in [0, 0.1) is 12.7 Å². The molecule has 0 saturated heterocycles. The van der Waals surface area contributed by atoms with Gasteiger partial charge in [0.15, 0.2) is 0 Å². The third kappa shape index (κ3) is 2.06. The Morgan fingerprint density at radius 3 is 2.93 bits per heavy atom. The van der Waals surface area contributed by atoms with Gasteiger partial charge in [0.2, 0.25) is 0 Å². The summed E-state index contributed by atoms with van der Waals surface area (Å²) >= 11 is 1.54. The zero-order chi connectivity index (χ0) is 10.8. The number of aliphatic hydroxyl groups excluding tert-OH is 1. The van der Waals surface area contributed by atoms with E-state index in [2.05, 4.69) is 4.98 Å². The predicted molar refractivity (Wildman–Crippen MR) is 57.3 cm³/mol. The fourth-order valence-corrected chi connectivity index (χ4v) is 2.12. The molecule has 2 aromatic heterocycles. The second kappa shape index (κ2) is 4.08. The summed E-state index contributed by atoms with van der Waals surface area (Å²) < 4.78 is 13.3. The molecule has 2 aromatic rings. The van der Waals surface area contributed by atoms with Gasteiger partial charge in [0.1, 0.15) is 11.9 Å². The summed E-state index contributed by atoms with van der Waals surface area (Å²) in [6.07, 6.45) is 1.68. The smallest absolute Gasteiger partial charge is 0.147 e. The largest absolute Gasteiger partial charge is 0.384 e. The van der Waals surface area contributed by atoms with Gasteiger partial charge in [-0.25, -0.2) is 4.39 Å². The highest BCUT2D eigenvalue weighted by Gasteiger charge is 2.15. The van der Waals surface area contributed by atoms with Crippen molar-refractivity contribution in [2.24, 2.45) is 0 Å². The summed E-state index contributed by atoms with van der Waals surface area (Å²) in [5.41, 5.74) is 0.991. The van der Waals surface area contributed by atoms with E-state index in [-0.39, 0.29) is 5.56 Å². The molecule has 0 aliphatic carbocycles. The van der Waals surface area contributed by atoms with E-state index in [4.69, 9.17) is 0 Å². The number of thiophene rings is 1. The highest BCUT2D eigenvalue weighted by Crippen LogP contribution is 2.27. The minimum absolute atomic E-state index is 0.266. The minimum Gasteiger partial charge on any atom is -0.384 e. The number of rotatable bonds is 2. The predicted octanol–water partition coefficient (Wildman–Crippen LogP) is 2.67. The molecule has 1 unspecified atom stereocenters. The van der Waals surface area contributed by atoms with Gasteiger partial charge in [-0.3, -0.25) is 4.98 Å². The van der Waals surface area contributed by atoms with Crippen molar-refractivity contribution < 1.29 is 9.50 Å². The van der Waals surface area contributed by atoms with E-state index in [0.717, 1.165) is 16.6 Å². The lowest BCUT2D eigenvalue weighted by Gasteiger charge is -2.09. The molecule has 2 heterocycles. The molecule has 0 aromatic carbocycles. The van der Waals surface area contributed by atoms with Crippen LogP contribution in [0.1, 0.15) is 22.1 Å². The standard InChI is InChI=1S/C11H10FNOS/c1-7-4-8(6-15-7)11(14)9-2-3-13-5-10(9)12/h2-6,11,14H,1H3. The van der Waals surface area contributed by atoms with E-state index >= 15 is 0 Å². The third-order valence-electron chi connectivity index (χ3n) is 2.16. The summed E-state index contributed by atoms with van der Waals surface area (Å²) in [6.45, 7) is 1.95. The van der Waals surface area contributed by atoms with Crippen molar-refractivity contribution in [3.63, 3.8) is 0 Å². The van der Waals surface area contributed by atoms with Gasteiger partial charge < -0.3 is 5.11 Å². The molecular weight excluding hydrogens is 213 g/mol. The van der Waals surface area contributed by atoms with Crippen LogP contribution in [0.25, 0.3) is 0 Å². The first-order valence-corrected chi connectivity index (χ1v) is 5.39. The summed E-state index contributed by atoms with van der Waals surface area (Å²) in [7, 11) is 0. The van der Waals surface area contributed by atoms with Crippen LogP contribution in [-0.2, 0) is 0 Å². The van der Waals surface area contributed by atoms with Crippen molar-refractivity contribution >= 4 is 11.3 Å². The molecule has 15 heavy (non-hydrogen) atoms. The summed E-state index contributed by atoms with van der Waals surface area (Å²) in [5, 5.41) is 11.8. The number of hydrogen-bond donors (Lipinski definition) is 1. The van der Waals surface area contributed by atoms with Crippen molar-refractivity contribution in [3.05, 3.63) is 51.7 Å². The fraction of sp³-hybridized carbons (Fsp3) is 0.182. The maximum Gasteiger partial charge on any atom is 0.147 e. The van der Waals surface area contributed by atoms with Crippen LogP contribution in [0.2, 0.25) is 0 Å². The molecule has 0 saturated carbocycles. The van der Waals surface area contributed by atoms with Crippen LogP contribution >= 0.6 is 11.3 Å². The topological polar surface area (TPSA) is 33.1 Å². The highest BCUT2D eigenvalue weighted by molar-refractivity contribution is 7.10. The van der Waals surface area contributed by atoms with Gasteiger partial charge in [-0.15, -0.1) is 11.3 Å². The minimum atomic E-state index is -0.905. The number of aryl methyl sites for hydroxylation is 1. The molecule has 78 valence electrons. The Bertz CT molecular complexity index is 469. The van der Waals surface area contributed by atoms with E-state index in [9.17, 15) is 9.50 Å². The highest BCUT2D eigenvalue weighted by atomic mass is 32.1. The first kappa shape index (κ1) is 10.3. The van der Waals surface area contributed by atoms with E-state index in [1.807, 2.05) is 18.4 Å². The van der Waals surface area contributed by atoms with Crippen LogP contribution in [0.15, 0.2) is 29.9 Å². The van der Waals surface area contributed by atoms with Gasteiger partial charge in [0.05, 0.1) is 6.20 Å². The molecule has 0 spiro atoms. The van der Waals surface area contributed by atoms with Crippen molar-refractivity contribution in [1.29, 1.82) is 0 Å². The normalized spacial score (nSPS) is 12.7. The lowest BCUT2D eigenvalue weighted by Crippen LogP contribution is -2.01. The van der Waals surface area contributed by atoms with Gasteiger partial charge in [0.25, 0.3) is 0 Å². The number of nitrogens with zero attached hydrogens (tertiary/aromatic N) is 1. The molecule has 0 fully saturated rings. The van der Waals surface area contributed by atoms with Crippen molar-refractivity contribution in [2.75, 3.05) is 0 Å². The Morgan fingerprint density at radius 1 is 1.53 bits per heavy atom. The van der Waals surface area contributed by atoms with E-state index in [1.165, 1.54) is 23.6 Å². The Balaban J connectivity index is 2.36. The van der Waals surface area contributed by atoms with Gasteiger partial charge in [-0.1, -0.05) is 0 Å². The van der Waals surface area contributed by atoms with Gasteiger partial charge in [-0.2, -0.15) is 0 Å². The quantitative estimate of drug-likeness (QED) is 0.849. The van der Waals surface area contributed by atoms with Crippen LogP contribution < -0.4 is 0 Å². The molecule has 0 radical (unpaired) electrons. The second-order valence-electron chi connectivity index (χ2n) is 3.29.